The van der Waals surface area contributed by atoms with Crippen molar-refractivity contribution in [2.24, 2.45) is 9.98 Å². The first kappa shape index (κ1) is 38.5. The average Bonchev–Trinajstić information content (AvgIpc) is 3.44. The SMILES string of the molecule is [2H]O[C@H](C)CCCC1=NC2=N[C@]3(CCC=C[C@H](CC)O3)C[C@@H]3CCC(=C1C(=O)OCCCCCCCCCCCCCCCC(=O)OCC=C)N23. The van der Waals surface area contributed by atoms with Crippen molar-refractivity contribution in [3.05, 3.63) is 36.1 Å². The van der Waals surface area contributed by atoms with E-state index in [0.29, 0.717) is 44.0 Å². The lowest BCUT2D eigenvalue weighted by Crippen LogP contribution is -2.50. The number of aliphatic hydroxyl groups is 1. The van der Waals surface area contributed by atoms with Crippen LogP contribution in [0.3, 0.4) is 0 Å². The van der Waals surface area contributed by atoms with Gasteiger partial charge in [0.05, 0.1) is 24.5 Å². The maximum absolute atomic E-state index is 13.7. The van der Waals surface area contributed by atoms with Gasteiger partial charge in [0.15, 0.2) is 5.72 Å². The highest BCUT2D eigenvalue weighted by Gasteiger charge is 2.49. The summed E-state index contributed by atoms with van der Waals surface area (Å²) in [7, 11) is 0. The number of allylic oxidation sites excluding steroid dienone is 2. The van der Waals surface area contributed by atoms with Gasteiger partial charge in [-0.05, 0) is 64.7 Å². The molecule has 1 N–H and O–H groups in total. The number of carbonyl (C=O) groups excluding carboxylic acids is 2. The Hall–Kier alpha value is -2.78. The number of esters is 2. The molecule has 9 nitrogen and oxygen atoms in total. The van der Waals surface area contributed by atoms with Gasteiger partial charge in [0, 0.05) is 31.0 Å². The molecule has 0 aromatic rings. The van der Waals surface area contributed by atoms with Crippen molar-refractivity contribution < 1.29 is 28.9 Å². The van der Waals surface area contributed by atoms with Crippen LogP contribution in [0, 0.1) is 0 Å². The number of carbonyl (C=O) groups is 2. The van der Waals surface area contributed by atoms with E-state index in [1.807, 2.05) is 6.92 Å². The van der Waals surface area contributed by atoms with Gasteiger partial charge in [-0.2, -0.15) is 0 Å². The van der Waals surface area contributed by atoms with E-state index >= 15 is 0 Å². The number of unbranched alkanes of at least 4 members (excludes halogenated alkanes) is 12. The first-order valence-corrected chi connectivity index (χ1v) is 20.0. The highest BCUT2D eigenvalue weighted by atomic mass is 16.5. The first-order chi connectivity index (χ1) is 24.9. The number of guanidine groups is 1. The van der Waals surface area contributed by atoms with Crippen LogP contribution in [0.2, 0.25) is 0 Å². The van der Waals surface area contributed by atoms with Gasteiger partial charge in [-0.3, -0.25) is 4.79 Å². The zero-order valence-electron chi connectivity index (χ0n) is 32.1. The summed E-state index contributed by atoms with van der Waals surface area (Å²) in [6.07, 6.45) is 28.9. The zero-order valence-corrected chi connectivity index (χ0v) is 31.1. The number of aliphatic hydroxyl groups excluding tert-OH is 1. The van der Waals surface area contributed by atoms with Crippen LogP contribution in [0.15, 0.2) is 46.1 Å². The van der Waals surface area contributed by atoms with Crippen LogP contribution in [0.25, 0.3) is 0 Å². The molecule has 0 unspecified atom stereocenters. The molecule has 4 atom stereocenters. The number of hydrogen-bond donors (Lipinski definition) is 1. The fourth-order valence-corrected chi connectivity index (χ4v) is 7.71. The number of nitrogens with zero attached hydrogens (tertiary/aromatic N) is 3. The summed E-state index contributed by atoms with van der Waals surface area (Å²) in [5.74, 6) is 0.301. The van der Waals surface area contributed by atoms with Gasteiger partial charge in [0.1, 0.15) is 12.2 Å². The molecule has 0 aromatic carbocycles. The molecule has 0 bridgehead atoms. The summed E-state index contributed by atoms with van der Waals surface area (Å²) in [4.78, 5) is 37.7. The monoisotopic (exact) mass is 696 g/mol. The molecule has 1 fully saturated rings. The molecule has 4 aliphatic heterocycles. The minimum absolute atomic E-state index is 0.0505. The third kappa shape index (κ3) is 12.5. The van der Waals surface area contributed by atoms with Crippen molar-refractivity contribution >= 4 is 23.6 Å². The van der Waals surface area contributed by atoms with Crippen molar-refractivity contribution in [1.82, 2.24) is 4.90 Å². The summed E-state index contributed by atoms with van der Waals surface area (Å²) >= 11 is 0. The second-order valence-electron chi connectivity index (χ2n) is 14.7. The Balaban J connectivity index is 1.17. The van der Waals surface area contributed by atoms with Crippen molar-refractivity contribution in [2.75, 3.05) is 13.2 Å². The lowest BCUT2D eigenvalue weighted by atomic mass is 9.95. The van der Waals surface area contributed by atoms with Crippen molar-refractivity contribution in [1.29, 1.82) is 1.43 Å². The summed E-state index contributed by atoms with van der Waals surface area (Å²) in [6, 6.07) is 0.212. The Labute approximate surface area is 303 Å². The standard InChI is InChI=1S/C41H65N3O6/c1-4-29-48-37(46)25-17-15-13-11-9-7-6-8-10-12-14-16-20-30-49-39(47)38-35(24-21-22-32(3)45)42-40-43-41(28-19-18-23-34(5-2)50-41)31-33-26-27-36(38)44(33)40/h4,18,23,32-34,45H,1,5-17,19-22,24-31H2,2-3H3/t32-,33+,34+,41+/m1/s1/i45D. The fourth-order valence-electron chi connectivity index (χ4n) is 7.71. The minimum atomic E-state index is -0.581. The molecule has 4 aliphatic rings. The summed E-state index contributed by atoms with van der Waals surface area (Å²) in [5.41, 5.74) is 1.81. The Bertz CT molecular complexity index is 1250. The molecule has 0 aliphatic carbocycles. The molecule has 0 saturated carbocycles. The highest BCUT2D eigenvalue weighted by Crippen LogP contribution is 2.45. The van der Waals surface area contributed by atoms with Gasteiger partial charge in [-0.25, -0.2) is 14.8 Å². The van der Waals surface area contributed by atoms with Crippen LogP contribution in [0.4, 0.5) is 0 Å². The molecule has 1 saturated heterocycles. The molecule has 4 rings (SSSR count). The molecule has 0 radical (unpaired) electrons. The third-order valence-corrected chi connectivity index (χ3v) is 10.4. The topological polar surface area (TPSA) is 110 Å². The van der Waals surface area contributed by atoms with Crippen LogP contribution in [-0.4, -0.2) is 72.2 Å². The highest BCUT2D eigenvalue weighted by molar-refractivity contribution is 6.24. The van der Waals surface area contributed by atoms with E-state index in [1.165, 1.54) is 51.4 Å². The van der Waals surface area contributed by atoms with E-state index < -0.39 is 5.72 Å². The number of ether oxygens (including phenoxy) is 3. The lowest BCUT2D eigenvalue weighted by molar-refractivity contribution is -0.142. The normalized spacial score (nSPS) is 23.6. The van der Waals surface area contributed by atoms with Crippen LogP contribution >= 0.6 is 0 Å². The Morgan fingerprint density at radius 2 is 1.78 bits per heavy atom. The molecule has 0 aromatic heterocycles. The summed E-state index contributed by atoms with van der Waals surface area (Å²) in [5, 5.41) is 4.75. The van der Waals surface area contributed by atoms with E-state index in [2.05, 4.69) is 30.6 Å². The summed E-state index contributed by atoms with van der Waals surface area (Å²) in [6.45, 7) is 8.33. The maximum Gasteiger partial charge on any atom is 0.341 e. The Kier molecular flexibility index (Phi) is 16.6. The van der Waals surface area contributed by atoms with Crippen molar-refractivity contribution in [2.45, 2.75) is 186 Å². The molecule has 9 heteroatoms. The van der Waals surface area contributed by atoms with Gasteiger partial charge in [-0.15, -0.1) is 0 Å². The second-order valence-corrected chi connectivity index (χ2v) is 14.7. The summed E-state index contributed by atoms with van der Waals surface area (Å²) < 4.78 is 24.8. The quantitative estimate of drug-likeness (QED) is 0.0576. The molecular weight excluding hydrogens is 630 g/mol. The van der Waals surface area contributed by atoms with Gasteiger partial charge in [0.2, 0.25) is 7.39 Å². The van der Waals surface area contributed by atoms with E-state index in [1.54, 1.807) is 6.08 Å². The minimum Gasteiger partial charge on any atom is -0.462 e. The van der Waals surface area contributed by atoms with Gasteiger partial charge < -0.3 is 24.2 Å². The fraction of sp³-hybridized carbons (Fsp3) is 0.756. The first-order valence-electron chi connectivity index (χ1n) is 20.4. The van der Waals surface area contributed by atoms with Crippen molar-refractivity contribution in [3.8, 4) is 0 Å². The molecule has 50 heavy (non-hydrogen) atoms. The zero-order chi connectivity index (χ0) is 36.3. The van der Waals surface area contributed by atoms with E-state index in [-0.39, 0.29) is 30.2 Å². The average molecular weight is 697 g/mol. The maximum atomic E-state index is 13.7. The lowest BCUT2D eigenvalue weighted by Gasteiger charge is -2.43. The predicted octanol–water partition coefficient (Wildman–Crippen LogP) is 9.05. The Morgan fingerprint density at radius 3 is 2.46 bits per heavy atom. The Morgan fingerprint density at radius 1 is 1.08 bits per heavy atom. The second kappa shape index (κ2) is 21.6. The smallest absolute Gasteiger partial charge is 0.341 e. The van der Waals surface area contributed by atoms with Gasteiger partial charge >= 0.3 is 11.9 Å². The number of rotatable bonds is 25. The van der Waals surface area contributed by atoms with Crippen LogP contribution in [-0.2, 0) is 23.8 Å². The van der Waals surface area contributed by atoms with E-state index in [0.717, 1.165) is 88.5 Å². The molecule has 1 spiro atoms. The van der Waals surface area contributed by atoms with Crippen LogP contribution in [0.1, 0.15) is 162 Å². The molecule has 280 valence electrons. The largest absolute Gasteiger partial charge is 0.462 e. The van der Waals surface area contributed by atoms with E-state index in [9.17, 15) is 9.59 Å². The van der Waals surface area contributed by atoms with Gasteiger partial charge in [0.25, 0.3) is 0 Å². The molecular formula is C41H65N3O6. The van der Waals surface area contributed by atoms with Crippen LogP contribution in [0.5, 0.6) is 0 Å². The number of aliphatic imine (C=N–C) groups is 2. The van der Waals surface area contributed by atoms with Crippen LogP contribution < -0.4 is 0 Å². The molecule has 4 heterocycles. The predicted molar refractivity (Wildman–Crippen MR) is 200 cm³/mol. The number of hydrogen-bond acceptors (Lipinski definition) is 9. The van der Waals surface area contributed by atoms with Gasteiger partial charge in [-0.1, -0.05) is 102 Å². The molecule has 0 amide bonds. The van der Waals surface area contributed by atoms with E-state index in [4.69, 9.17) is 30.7 Å². The third-order valence-electron chi connectivity index (χ3n) is 10.4. The van der Waals surface area contributed by atoms with Crippen molar-refractivity contribution in [3.63, 3.8) is 0 Å².